The molecule has 0 amide bonds. The molecule has 2 unspecified atom stereocenters. The van der Waals surface area contributed by atoms with E-state index < -0.39 is 0 Å². The molecule has 2 rings (SSSR count). The molecule has 1 saturated carbocycles. The van der Waals surface area contributed by atoms with Crippen molar-refractivity contribution in [3.05, 3.63) is 18.2 Å². The first-order chi connectivity index (χ1) is 11.2. The van der Waals surface area contributed by atoms with Crippen LogP contribution in [-0.4, -0.2) is 46.7 Å². The zero-order valence-corrected chi connectivity index (χ0v) is 15.5. The van der Waals surface area contributed by atoms with Crippen LogP contribution in [0.1, 0.15) is 44.3 Å². The highest BCUT2D eigenvalue weighted by Crippen LogP contribution is 2.26. The van der Waals surface area contributed by atoms with Gasteiger partial charge in [-0.2, -0.15) is 11.8 Å². The van der Waals surface area contributed by atoms with Gasteiger partial charge in [-0.15, -0.1) is 0 Å². The fourth-order valence-corrected chi connectivity index (χ4v) is 3.96. The predicted octanol–water partition coefficient (Wildman–Crippen LogP) is 2.81. The second kappa shape index (κ2) is 9.85. The second-order valence-corrected chi connectivity index (χ2v) is 7.38. The number of unbranched alkanes of at least 4 members (excludes halogenated alkanes) is 1. The average molecular weight is 338 g/mol. The molecule has 1 heterocycles. The lowest BCUT2D eigenvalue weighted by Crippen LogP contribution is -2.45. The van der Waals surface area contributed by atoms with Crippen LogP contribution in [0.2, 0.25) is 0 Å². The Kier molecular flexibility index (Phi) is 7.79. The van der Waals surface area contributed by atoms with E-state index in [9.17, 15) is 0 Å². The lowest BCUT2D eigenvalue weighted by molar-refractivity contribution is 0.419. The van der Waals surface area contributed by atoms with Crippen molar-refractivity contribution in [3.63, 3.8) is 0 Å². The Morgan fingerprint density at radius 1 is 1.43 bits per heavy atom. The van der Waals surface area contributed by atoms with Gasteiger partial charge in [-0.25, -0.2) is 4.98 Å². The summed E-state index contributed by atoms with van der Waals surface area (Å²) in [6.07, 6.45) is 13.6. The number of imidazole rings is 1. The fourth-order valence-electron chi connectivity index (χ4n) is 3.13. The van der Waals surface area contributed by atoms with E-state index in [1.165, 1.54) is 25.7 Å². The number of nitrogens with one attached hydrogen (secondary N) is 2. The Morgan fingerprint density at radius 2 is 2.30 bits per heavy atom. The SMILES string of the molecule is CN=C(NCCCCn1ccnc1C)NC1CCCC(SC)C1. The van der Waals surface area contributed by atoms with Crippen LogP contribution in [0.25, 0.3) is 0 Å². The highest BCUT2D eigenvalue weighted by atomic mass is 32.2. The minimum absolute atomic E-state index is 0.570. The number of guanidine groups is 1. The van der Waals surface area contributed by atoms with Crippen LogP contribution < -0.4 is 10.6 Å². The Balaban J connectivity index is 1.62. The van der Waals surface area contributed by atoms with Crippen LogP contribution in [-0.2, 0) is 6.54 Å². The zero-order valence-electron chi connectivity index (χ0n) is 14.7. The summed E-state index contributed by atoms with van der Waals surface area (Å²) in [7, 11) is 1.86. The van der Waals surface area contributed by atoms with Gasteiger partial charge < -0.3 is 15.2 Å². The number of hydrogen-bond acceptors (Lipinski definition) is 3. The number of thioether (sulfide) groups is 1. The van der Waals surface area contributed by atoms with Crippen LogP contribution in [0.4, 0.5) is 0 Å². The maximum absolute atomic E-state index is 4.37. The number of aliphatic imine (C=N–C) groups is 1. The van der Waals surface area contributed by atoms with Crippen molar-refractivity contribution in [2.75, 3.05) is 19.8 Å². The van der Waals surface area contributed by atoms with Gasteiger partial charge >= 0.3 is 0 Å². The first-order valence-electron chi connectivity index (χ1n) is 8.70. The molecule has 1 aliphatic carbocycles. The Bertz CT molecular complexity index is 485. The largest absolute Gasteiger partial charge is 0.356 e. The van der Waals surface area contributed by atoms with Crippen molar-refractivity contribution < 1.29 is 0 Å². The molecule has 2 atom stereocenters. The van der Waals surface area contributed by atoms with Gasteiger partial charge in [0.25, 0.3) is 0 Å². The molecule has 2 N–H and O–H groups in total. The van der Waals surface area contributed by atoms with Gasteiger partial charge in [0.2, 0.25) is 0 Å². The lowest BCUT2D eigenvalue weighted by Gasteiger charge is -2.29. The third-order valence-electron chi connectivity index (χ3n) is 4.57. The molecule has 5 nitrogen and oxygen atoms in total. The third-order valence-corrected chi connectivity index (χ3v) is 5.66. The Morgan fingerprint density at radius 3 is 3.00 bits per heavy atom. The van der Waals surface area contributed by atoms with Crippen molar-refractivity contribution in [1.82, 2.24) is 20.2 Å². The molecular formula is C17H31N5S. The van der Waals surface area contributed by atoms with Gasteiger partial charge in [-0.3, -0.25) is 4.99 Å². The van der Waals surface area contributed by atoms with Crippen molar-refractivity contribution in [2.45, 2.75) is 63.3 Å². The molecular weight excluding hydrogens is 306 g/mol. The standard InChI is InChI=1S/C17H31N5S/c1-14-19-10-12-22(14)11-5-4-9-20-17(18-2)21-15-7-6-8-16(13-15)23-3/h10,12,15-16H,4-9,11,13H2,1-3H3,(H2,18,20,21). The minimum atomic E-state index is 0.570. The molecule has 0 spiro atoms. The van der Waals surface area contributed by atoms with Gasteiger partial charge in [0.05, 0.1) is 0 Å². The summed E-state index contributed by atoms with van der Waals surface area (Å²) >= 11 is 2.00. The maximum Gasteiger partial charge on any atom is 0.191 e. The number of aromatic nitrogens is 2. The normalized spacial score (nSPS) is 22.1. The van der Waals surface area contributed by atoms with Gasteiger partial charge in [-0.1, -0.05) is 6.42 Å². The molecule has 6 heteroatoms. The molecule has 130 valence electrons. The van der Waals surface area contributed by atoms with Gasteiger partial charge in [0, 0.05) is 43.8 Å². The predicted molar refractivity (Wildman–Crippen MR) is 100 cm³/mol. The summed E-state index contributed by atoms with van der Waals surface area (Å²) in [4.78, 5) is 8.62. The first-order valence-corrected chi connectivity index (χ1v) is 9.99. The van der Waals surface area contributed by atoms with E-state index in [2.05, 4.69) is 44.6 Å². The Hall–Kier alpha value is -1.17. The maximum atomic E-state index is 4.37. The van der Waals surface area contributed by atoms with E-state index in [1.807, 2.05) is 25.0 Å². The third kappa shape index (κ3) is 6.09. The van der Waals surface area contributed by atoms with Gasteiger partial charge in [0.1, 0.15) is 5.82 Å². The van der Waals surface area contributed by atoms with E-state index in [1.54, 1.807) is 0 Å². The van der Waals surface area contributed by atoms with E-state index in [0.717, 1.165) is 43.0 Å². The molecule has 0 bridgehead atoms. The molecule has 1 fully saturated rings. The molecule has 0 aliphatic heterocycles. The number of nitrogens with zero attached hydrogens (tertiary/aromatic N) is 3. The molecule has 1 aromatic heterocycles. The van der Waals surface area contributed by atoms with E-state index in [0.29, 0.717) is 6.04 Å². The van der Waals surface area contributed by atoms with Gasteiger partial charge in [-0.05, 0) is 45.3 Å². The zero-order chi connectivity index (χ0) is 16.5. The first kappa shape index (κ1) is 18.2. The number of hydrogen-bond donors (Lipinski definition) is 2. The van der Waals surface area contributed by atoms with Crippen molar-refractivity contribution in [2.24, 2.45) is 4.99 Å². The quantitative estimate of drug-likeness (QED) is 0.456. The van der Waals surface area contributed by atoms with Gasteiger partial charge in [0.15, 0.2) is 5.96 Å². The Labute approximate surface area is 144 Å². The summed E-state index contributed by atoms with van der Waals surface area (Å²) in [5, 5.41) is 7.85. The molecule has 0 saturated heterocycles. The lowest BCUT2D eigenvalue weighted by atomic mass is 9.95. The molecule has 23 heavy (non-hydrogen) atoms. The van der Waals surface area contributed by atoms with Crippen LogP contribution >= 0.6 is 11.8 Å². The van der Waals surface area contributed by atoms with E-state index in [-0.39, 0.29) is 0 Å². The highest BCUT2D eigenvalue weighted by molar-refractivity contribution is 7.99. The van der Waals surface area contributed by atoms with E-state index in [4.69, 9.17) is 0 Å². The minimum Gasteiger partial charge on any atom is -0.356 e. The van der Waals surface area contributed by atoms with Crippen LogP contribution in [0, 0.1) is 6.92 Å². The number of aryl methyl sites for hydroxylation is 2. The second-order valence-electron chi connectivity index (χ2n) is 6.24. The molecule has 0 aromatic carbocycles. The average Bonchev–Trinajstić information content (AvgIpc) is 2.98. The molecule has 0 radical (unpaired) electrons. The summed E-state index contributed by atoms with van der Waals surface area (Å²) in [5.41, 5.74) is 0. The summed E-state index contributed by atoms with van der Waals surface area (Å²) < 4.78 is 2.21. The van der Waals surface area contributed by atoms with Crippen molar-refractivity contribution >= 4 is 17.7 Å². The monoisotopic (exact) mass is 337 g/mol. The number of rotatable bonds is 7. The van der Waals surface area contributed by atoms with Crippen LogP contribution in [0.5, 0.6) is 0 Å². The van der Waals surface area contributed by atoms with Crippen LogP contribution in [0.15, 0.2) is 17.4 Å². The summed E-state index contributed by atoms with van der Waals surface area (Å²) in [6, 6.07) is 0.570. The highest BCUT2D eigenvalue weighted by Gasteiger charge is 2.21. The summed E-state index contributed by atoms with van der Waals surface area (Å²) in [6.45, 7) is 4.06. The summed E-state index contributed by atoms with van der Waals surface area (Å²) in [5.74, 6) is 2.05. The smallest absolute Gasteiger partial charge is 0.191 e. The van der Waals surface area contributed by atoms with Crippen molar-refractivity contribution in [1.29, 1.82) is 0 Å². The van der Waals surface area contributed by atoms with Crippen LogP contribution in [0.3, 0.4) is 0 Å². The van der Waals surface area contributed by atoms with E-state index >= 15 is 0 Å². The molecule has 1 aliphatic rings. The molecule has 1 aromatic rings. The van der Waals surface area contributed by atoms with Crippen molar-refractivity contribution in [3.8, 4) is 0 Å². The topological polar surface area (TPSA) is 54.2 Å². The fraction of sp³-hybridized carbons (Fsp3) is 0.765.